The normalized spacial score (nSPS) is 10.4. The quantitative estimate of drug-likeness (QED) is 0.908. The average Bonchev–Trinajstić information content (AvgIpc) is 2.49. The number of nitrogens with one attached hydrogen (secondary N) is 1. The summed E-state index contributed by atoms with van der Waals surface area (Å²) in [4.78, 5) is 0. The molecule has 106 valence electrons. The number of halogens is 1. The molecular formula is C16H18FNO2. The topological polar surface area (TPSA) is 30.5 Å². The molecule has 0 aliphatic carbocycles. The molecule has 2 rings (SSSR count). The molecule has 0 heterocycles. The highest BCUT2D eigenvalue weighted by atomic mass is 19.1. The van der Waals surface area contributed by atoms with Crippen LogP contribution in [0.1, 0.15) is 5.56 Å². The fourth-order valence-corrected chi connectivity index (χ4v) is 2.19. The van der Waals surface area contributed by atoms with Gasteiger partial charge in [-0.25, -0.2) is 4.39 Å². The van der Waals surface area contributed by atoms with Crippen molar-refractivity contribution in [3.63, 3.8) is 0 Å². The van der Waals surface area contributed by atoms with Crippen molar-refractivity contribution in [1.82, 2.24) is 5.32 Å². The lowest BCUT2D eigenvalue weighted by atomic mass is 10.0. The minimum atomic E-state index is -0.225. The van der Waals surface area contributed by atoms with Crippen LogP contribution in [0.25, 0.3) is 11.1 Å². The molecule has 2 aromatic rings. The lowest BCUT2D eigenvalue weighted by molar-refractivity contribution is 0.397. The molecule has 20 heavy (non-hydrogen) atoms. The number of hydrogen-bond acceptors (Lipinski definition) is 3. The first-order valence-corrected chi connectivity index (χ1v) is 6.35. The molecule has 3 nitrogen and oxygen atoms in total. The van der Waals surface area contributed by atoms with Crippen LogP contribution >= 0.6 is 0 Å². The zero-order valence-electron chi connectivity index (χ0n) is 11.9. The summed E-state index contributed by atoms with van der Waals surface area (Å²) in [6.07, 6.45) is 0. The molecule has 0 saturated carbocycles. The monoisotopic (exact) mass is 275 g/mol. The predicted molar refractivity (Wildman–Crippen MR) is 77.7 cm³/mol. The summed E-state index contributed by atoms with van der Waals surface area (Å²) in [7, 11) is 5.00. The van der Waals surface area contributed by atoms with E-state index in [1.807, 2.05) is 24.3 Å². The van der Waals surface area contributed by atoms with E-state index in [0.29, 0.717) is 23.6 Å². The first-order valence-electron chi connectivity index (χ1n) is 6.35. The Hall–Kier alpha value is -2.07. The van der Waals surface area contributed by atoms with Gasteiger partial charge in [-0.3, -0.25) is 0 Å². The van der Waals surface area contributed by atoms with Crippen molar-refractivity contribution >= 4 is 0 Å². The number of ether oxygens (including phenoxy) is 2. The molecule has 0 amide bonds. The Balaban J connectivity index is 2.58. The van der Waals surface area contributed by atoms with Crippen LogP contribution in [0, 0.1) is 5.82 Å². The maximum atomic E-state index is 13.7. The van der Waals surface area contributed by atoms with E-state index in [1.54, 1.807) is 27.3 Å². The van der Waals surface area contributed by atoms with E-state index in [0.717, 1.165) is 11.1 Å². The van der Waals surface area contributed by atoms with Gasteiger partial charge in [0.1, 0.15) is 17.3 Å². The fraction of sp³-hybridized carbons (Fsp3) is 0.250. The van der Waals surface area contributed by atoms with Crippen molar-refractivity contribution < 1.29 is 13.9 Å². The van der Waals surface area contributed by atoms with E-state index in [4.69, 9.17) is 9.47 Å². The number of hydrogen-bond donors (Lipinski definition) is 1. The summed E-state index contributed by atoms with van der Waals surface area (Å²) in [6, 6.07) is 10.6. The predicted octanol–water partition coefficient (Wildman–Crippen LogP) is 3.23. The molecular weight excluding hydrogens is 257 g/mol. The van der Waals surface area contributed by atoms with E-state index < -0.39 is 0 Å². The molecule has 0 radical (unpaired) electrons. The van der Waals surface area contributed by atoms with Gasteiger partial charge in [0.25, 0.3) is 0 Å². The van der Waals surface area contributed by atoms with Gasteiger partial charge < -0.3 is 14.8 Å². The van der Waals surface area contributed by atoms with Gasteiger partial charge in [-0.2, -0.15) is 0 Å². The largest absolute Gasteiger partial charge is 0.496 e. The summed E-state index contributed by atoms with van der Waals surface area (Å²) in [5.41, 5.74) is 2.30. The Morgan fingerprint density at radius 1 is 1.05 bits per heavy atom. The first kappa shape index (κ1) is 14.3. The minimum Gasteiger partial charge on any atom is -0.496 e. The Morgan fingerprint density at radius 2 is 1.70 bits per heavy atom. The highest BCUT2D eigenvalue weighted by molar-refractivity contribution is 5.77. The van der Waals surface area contributed by atoms with E-state index in [2.05, 4.69) is 5.32 Å². The standard InChI is InChI=1S/C16H18FNO2/c1-18-10-12-9-11(7-8-13(12)17)16-14(19-2)5-4-6-15(16)20-3/h4-9,18H,10H2,1-3H3. The fourth-order valence-electron chi connectivity index (χ4n) is 2.19. The third-order valence-corrected chi connectivity index (χ3v) is 3.13. The maximum absolute atomic E-state index is 13.7. The van der Waals surface area contributed by atoms with Gasteiger partial charge in [0.05, 0.1) is 19.8 Å². The van der Waals surface area contributed by atoms with Crippen LogP contribution in [0.3, 0.4) is 0 Å². The molecule has 2 aromatic carbocycles. The van der Waals surface area contributed by atoms with Crippen LogP contribution < -0.4 is 14.8 Å². The molecule has 0 spiro atoms. The van der Waals surface area contributed by atoms with Crippen molar-refractivity contribution in [3.8, 4) is 22.6 Å². The second-order valence-corrected chi connectivity index (χ2v) is 4.37. The van der Waals surface area contributed by atoms with Crippen molar-refractivity contribution in [2.24, 2.45) is 0 Å². The zero-order valence-corrected chi connectivity index (χ0v) is 11.9. The number of methoxy groups -OCH3 is 2. The highest BCUT2D eigenvalue weighted by Crippen LogP contribution is 2.38. The molecule has 0 saturated heterocycles. The number of benzene rings is 2. The summed E-state index contributed by atoms with van der Waals surface area (Å²) in [5.74, 6) is 1.18. The van der Waals surface area contributed by atoms with Gasteiger partial charge in [0.2, 0.25) is 0 Å². The second-order valence-electron chi connectivity index (χ2n) is 4.37. The van der Waals surface area contributed by atoms with E-state index in [-0.39, 0.29) is 5.82 Å². The Morgan fingerprint density at radius 3 is 2.25 bits per heavy atom. The van der Waals surface area contributed by atoms with Crippen molar-refractivity contribution in [3.05, 3.63) is 47.8 Å². The second kappa shape index (κ2) is 6.39. The van der Waals surface area contributed by atoms with Crippen LogP contribution in [0.4, 0.5) is 4.39 Å². The third kappa shape index (κ3) is 2.75. The molecule has 0 unspecified atom stereocenters. The van der Waals surface area contributed by atoms with Gasteiger partial charge in [0.15, 0.2) is 0 Å². The maximum Gasteiger partial charge on any atom is 0.130 e. The van der Waals surface area contributed by atoms with Crippen molar-refractivity contribution in [2.45, 2.75) is 6.54 Å². The van der Waals surface area contributed by atoms with Crippen LogP contribution in [-0.4, -0.2) is 21.3 Å². The van der Waals surface area contributed by atoms with E-state index in [1.165, 1.54) is 6.07 Å². The average molecular weight is 275 g/mol. The lowest BCUT2D eigenvalue weighted by Gasteiger charge is -2.14. The van der Waals surface area contributed by atoms with Gasteiger partial charge in [-0.15, -0.1) is 0 Å². The van der Waals surface area contributed by atoms with Gasteiger partial charge in [-0.1, -0.05) is 12.1 Å². The van der Waals surface area contributed by atoms with Crippen LogP contribution in [0.5, 0.6) is 11.5 Å². The first-order chi connectivity index (χ1) is 9.71. The Bertz CT molecular complexity index is 577. The Labute approximate surface area is 118 Å². The molecule has 0 bridgehead atoms. The summed E-state index contributed by atoms with van der Waals surface area (Å²) < 4.78 is 24.5. The Kier molecular flexibility index (Phi) is 4.58. The molecule has 0 aliphatic heterocycles. The number of rotatable bonds is 5. The summed E-state index contributed by atoms with van der Waals surface area (Å²) in [6.45, 7) is 0.469. The molecule has 0 aromatic heterocycles. The molecule has 4 heteroatoms. The summed E-state index contributed by atoms with van der Waals surface area (Å²) >= 11 is 0. The third-order valence-electron chi connectivity index (χ3n) is 3.13. The van der Waals surface area contributed by atoms with Gasteiger partial charge in [0, 0.05) is 12.1 Å². The van der Waals surface area contributed by atoms with Gasteiger partial charge in [-0.05, 0) is 36.9 Å². The van der Waals surface area contributed by atoms with Crippen LogP contribution in [0.15, 0.2) is 36.4 Å². The molecule has 0 aliphatic rings. The summed E-state index contributed by atoms with van der Waals surface area (Å²) in [5, 5.41) is 2.96. The van der Waals surface area contributed by atoms with Crippen molar-refractivity contribution in [1.29, 1.82) is 0 Å². The van der Waals surface area contributed by atoms with Crippen molar-refractivity contribution in [2.75, 3.05) is 21.3 Å². The lowest BCUT2D eigenvalue weighted by Crippen LogP contribution is -2.07. The molecule has 0 atom stereocenters. The SMILES string of the molecule is CNCc1cc(-c2c(OC)cccc2OC)ccc1F. The van der Waals surface area contributed by atoms with Crippen LogP contribution in [-0.2, 0) is 6.54 Å². The zero-order chi connectivity index (χ0) is 14.5. The smallest absolute Gasteiger partial charge is 0.130 e. The highest BCUT2D eigenvalue weighted by Gasteiger charge is 2.14. The molecule has 1 N–H and O–H groups in total. The van der Waals surface area contributed by atoms with Crippen LogP contribution in [0.2, 0.25) is 0 Å². The van der Waals surface area contributed by atoms with E-state index >= 15 is 0 Å². The molecule has 0 fully saturated rings. The minimum absolute atomic E-state index is 0.225. The van der Waals surface area contributed by atoms with E-state index in [9.17, 15) is 4.39 Å². The van der Waals surface area contributed by atoms with Gasteiger partial charge >= 0.3 is 0 Å².